The van der Waals surface area contributed by atoms with Crippen molar-refractivity contribution in [3.05, 3.63) is 0 Å². The molecule has 0 aliphatic rings. The topological polar surface area (TPSA) is 3.24 Å². The molecule has 0 fully saturated rings. The second kappa shape index (κ2) is 23.0. The van der Waals surface area contributed by atoms with E-state index in [1.165, 1.54) is 103 Å². The Balaban J connectivity index is 0. The minimum Gasteiger partial charge on any atom is -0.301 e. The van der Waals surface area contributed by atoms with Crippen molar-refractivity contribution < 1.29 is 0 Å². The molecule has 0 bridgehead atoms. The Morgan fingerprint density at radius 2 is 0.885 bits per heavy atom. The summed E-state index contributed by atoms with van der Waals surface area (Å²) in [5, 5.41) is 0. The Kier molecular flexibility index (Phi) is 24.9. The lowest BCUT2D eigenvalue weighted by atomic mass is 10.1. The summed E-state index contributed by atoms with van der Waals surface area (Å²) in [4.78, 5) is 2.57. The molecule has 0 aromatic rings. The van der Waals surface area contributed by atoms with E-state index in [4.69, 9.17) is 0 Å². The van der Waals surface area contributed by atoms with Gasteiger partial charge in [0.2, 0.25) is 0 Å². The van der Waals surface area contributed by atoms with E-state index in [1.807, 2.05) is 0 Å². The van der Waals surface area contributed by atoms with E-state index in [9.17, 15) is 0 Å². The van der Waals surface area contributed by atoms with Gasteiger partial charge >= 0.3 is 0 Å². The first-order chi connectivity index (χ1) is 12.5. The molecule has 0 aromatic carbocycles. The number of unbranched alkanes of at least 4 members (excludes halogenated alkanes) is 11. The van der Waals surface area contributed by atoms with Crippen LogP contribution in [0.5, 0.6) is 0 Å². The zero-order valence-electron chi connectivity index (χ0n) is 19.9. The van der Waals surface area contributed by atoms with Crippen molar-refractivity contribution in [2.24, 2.45) is 5.92 Å². The number of hydrogen-bond acceptors (Lipinski definition) is 1. The van der Waals surface area contributed by atoms with Gasteiger partial charge in [0.15, 0.2) is 0 Å². The quantitative estimate of drug-likeness (QED) is 0.231. The molecule has 160 valence electrons. The SMILES string of the molecule is CCCCCCCCCCCCCC.CCCN(CCC(C)C)C(C)C. The van der Waals surface area contributed by atoms with Gasteiger partial charge in [-0.3, -0.25) is 0 Å². The van der Waals surface area contributed by atoms with E-state index in [1.54, 1.807) is 0 Å². The minimum absolute atomic E-state index is 0.712. The van der Waals surface area contributed by atoms with Crippen LogP contribution in [0.3, 0.4) is 0 Å². The molecular formula is C25H55N. The van der Waals surface area contributed by atoms with E-state index in [-0.39, 0.29) is 0 Å². The third kappa shape index (κ3) is 24.0. The summed E-state index contributed by atoms with van der Waals surface area (Å²) in [6, 6.07) is 0.712. The molecule has 0 amide bonds. The van der Waals surface area contributed by atoms with Gasteiger partial charge in [-0.1, -0.05) is 112 Å². The Labute approximate surface area is 168 Å². The molecule has 0 N–H and O–H groups in total. The lowest BCUT2D eigenvalue weighted by Crippen LogP contribution is -2.33. The number of rotatable bonds is 17. The highest BCUT2D eigenvalue weighted by atomic mass is 15.1. The van der Waals surface area contributed by atoms with Crippen molar-refractivity contribution in [1.29, 1.82) is 0 Å². The van der Waals surface area contributed by atoms with Crippen LogP contribution in [0.4, 0.5) is 0 Å². The summed E-state index contributed by atoms with van der Waals surface area (Å²) in [5.74, 6) is 0.836. The molecule has 0 radical (unpaired) electrons. The van der Waals surface area contributed by atoms with E-state index >= 15 is 0 Å². The Bertz CT molecular complexity index is 222. The molecule has 0 saturated carbocycles. The minimum atomic E-state index is 0.712. The van der Waals surface area contributed by atoms with Gasteiger partial charge in [-0.25, -0.2) is 0 Å². The molecule has 0 saturated heterocycles. The first-order valence-electron chi connectivity index (χ1n) is 12.2. The lowest BCUT2D eigenvalue weighted by molar-refractivity contribution is 0.210. The average Bonchev–Trinajstić information content (AvgIpc) is 2.60. The fourth-order valence-corrected chi connectivity index (χ4v) is 3.25. The van der Waals surface area contributed by atoms with E-state index in [2.05, 4.69) is 53.4 Å². The van der Waals surface area contributed by atoms with Crippen LogP contribution in [0, 0.1) is 5.92 Å². The first kappa shape index (κ1) is 28.2. The maximum absolute atomic E-state index is 2.57. The molecule has 0 unspecified atom stereocenters. The van der Waals surface area contributed by atoms with Crippen LogP contribution in [0.15, 0.2) is 0 Å². The highest BCUT2D eigenvalue weighted by molar-refractivity contribution is 4.62. The van der Waals surface area contributed by atoms with Crippen molar-refractivity contribution in [2.75, 3.05) is 13.1 Å². The van der Waals surface area contributed by atoms with Crippen molar-refractivity contribution >= 4 is 0 Å². The third-order valence-electron chi connectivity index (χ3n) is 5.19. The van der Waals surface area contributed by atoms with E-state index in [0.29, 0.717) is 6.04 Å². The molecule has 0 atom stereocenters. The summed E-state index contributed by atoms with van der Waals surface area (Å²) < 4.78 is 0. The molecule has 0 aliphatic carbocycles. The van der Waals surface area contributed by atoms with Crippen LogP contribution in [-0.4, -0.2) is 24.0 Å². The predicted molar refractivity (Wildman–Crippen MR) is 123 cm³/mol. The van der Waals surface area contributed by atoms with E-state index < -0.39 is 0 Å². The molecule has 0 rings (SSSR count). The summed E-state index contributed by atoms with van der Waals surface area (Å²) in [5.41, 5.74) is 0. The summed E-state index contributed by atoms with van der Waals surface area (Å²) in [6.45, 7) is 18.5. The third-order valence-corrected chi connectivity index (χ3v) is 5.19. The van der Waals surface area contributed by atoms with Gasteiger partial charge in [-0.2, -0.15) is 0 Å². The molecule has 1 nitrogen and oxygen atoms in total. The molecule has 0 aromatic heterocycles. The van der Waals surface area contributed by atoms with Crippen LogP contribution in [0.25, 0.3) is 0 Å². The Morgan fingerprint density at radius 3 is 1.15 bits per heavy atom. The molecule has 0 spiro atoms. The van der Waals surface area contributed by atoms with E-state index in [0.717, 1.165) is 5.92 Å². The summed E-state index contributed by atoms with van der Waals surface area (Å²) in [7, 11) is 0. The monoisotopic (exact) mass is 369 g/mol. The van der Waals surface area contributed by atoms with Gasteiger partial charge in [0.1, 0.15) is 0 Å². The lowest BCUT2D eigenvalue weighted by Gasteiger charge is -2.26. The van der Waals surface area contributed by atoms with Crippen LogP contribution >= 0.6 is 0 Å². The molecule has 1 heteroatoms. The van der Waals surface area contributed by atoms with Gasteiger partial charge in [0.05, 0.1) is 0 Å². The molecule has 26 heavy (non-hydrogen) atoms. The zero-order chi connectivity index (χ0) is 20.0. The van der Waals surface area contributed by atoms with Crippen molar-refractivity contribution in [1.82, 2.24) is 4.90 Å². The van der Waals surface area contributed by atoms with Crippen LogP contribution in [0.1, 0.15) is 138 Å². The zero-order valence-corrected chi connectivity index (χ0v) is 19.9. The van der Waals surface area contributed by atoms with Gasteiger partial charge in [0, 0.05) is 6.04 Å². The van der Waals surface area contributed by atoms with Crippen LogP contribution in [-0.2, 0) is 0 Å². The molecular weight excluding hydrogens is 314 g/mol. The fraction of sp³-hybridized carbons (Fsp3) is 1.00. The largest absolute Gasteiger partial charge is 0.301 e. The first-order valence-corrected chi connectivity index (χ1v) is 12.2. The molecule has 0 aliphatic heterocycles. The number of hydrogen-bond donors (Lipinski definition) is 0. The second-order valence-electron chi connectivity index (χ2n) is 8.85. The predicted octanol–water partition coefficient (Wildman–Crippen LogP) is 8.86. The van der Waals surface area contributed by atoms with Gasteiger partial charge in [-0.15, -0.1) is 0 Å². The Hall–Kier alpha value is -0.0400. The highest BCUT2D eigenvalue weighted by Crippen LogP contribution is 2.11. The second-order valence-corrected chi connectivity index (χ2v) is 8.85. The van der Waals surface area contributed by atoms with Crippen LogP contribution < -0.4 is 0 Å². The highest BCUT2D eigenvalue weighted by Gasteiger charge is 2.07. The molecule has 0 heterocycles. The smallest absolute Gasteiger partial charge is 0.00385 e. The number of nitrogens with zero attached hydrogens (tertiary/aromatic N) is 1. The normalized spacial score (nSPS) is 11.3. The standard InChI is InChI=1S/C14H30.C11H25N/c1-3-5-7-9-11-13-14-12-10-8-6-4-2;1-6-8-12(11(4)5)9-7-10(2)3/h3-14H2,1-2H3;10-11H,6-9H2,1-5H3. The van der Waals surface area contributed by atoms with Gasteiger partial charge < -0.3 is 4.90 Å². The maximum atomic E-state index is 2.57. The maximum Gasteiger partial charge on any atom is 0.00385 e. The Morgan fingerprint density at radius 1 is 0.500 bits per heavy atom. The van der Waals surface area contributed by atoms with Gasteiger partial charge in [0.25, 0.3) is 0 Å². The van der Waals surface area contributed by atoms with Crippen molar-refractivity contribution in [3.8, 4) is 0 Å². The van der Waals surface area contributed by atoms with Crippen LogP contribution in [0.2, 0.25) is 0 Å². The summed E-state index contributed by atoms with van der Waals surface area (Å²) in [6.07, 6.45) is 20.0. The van der Waals surface area contributed by atoms with Crippen molar-refractivity contribution in [3.63, 3.8) is 0 Å². The fourth-order valence-electron chi connectivity index (χ4n) is 3.25. The summed E-state index contributed by atoms with van der Waals surface area (Å²) >= 11 is 0. The van der Waals surface area contributed by atoms with Gasteiger partial charge in [-0.05, 0) is 45.7 Å². The van der Waals surface area contributed by atoms with Crippen molar-refractivity contribution in [2.45, 2.75) is 144 Å². The average molecular weight is 370 g/mol.